The molecule has 18 heavy (non-hydrogen) atoms. The van der Waals surface area contributed by atoms with Gasteiger partial charge in [0.2, 0.25) is 5.78 Å². The second kappa shape index (κ2) is 4.91. The third kappa shape index (κ3) is 2.34. The minimum atomic E-state index is -2.75. The summed E-state index contributed by atoms with van der Waals surface area (Å²) in [4.78, 5) is 15.9. The normalized spacial score (nSPS) is 10.6. The topological polar surface area (TPSA) is 56.0 Å². The molecule has 0 saturated carbocycles. The van der Waals surface area contributed by atoms with Gasteiger partial charge in [-0.25, -0.2) is 8.78 Å². The maximum Gasteiger partial charge on any atom is 0.264 e. The molecule has 0 saturated heterocycles. The lowest BCUT2D eigenvalue weighted by molar-refractivity contribution is 0.102. The molecule has 0 fully saturated rings. The number of benzene rings is 1. The van der Waals surface area contributed by atoms with Gasteiger partial charge in [0, 0.05) is 23.0 Å². The van der Waals surface area contributed by atoms with Crippen LogP contribution >= 0.6 is 0 Å². The third-order valence-electron chi connectivity index (χ3n) is 2.45. The lowest BCUT2D eigenvalue weighted by atomic mass is 10.0. The molecule has 0 aliphatic rings. The third-order valence-corrected chi connectivity index (χ3v) is 2.45. The summed E-state index contributed by atoms with van der Waals surface area (Å²) in [6.45, 7) is 0. The first-order valence-corrected chi connectivity index (χ1v) is 5.23. The number of halogens is 2. The SMILES string of the molecule is Nc1ccc(C(=O)c2ccccn2)c(C(F)F)c1. The second-order valence-corrected chi connectivity index (χ2v) is 3.69. The Kier molecular flexibility index (Phi) is 3.32. The number of aromatic nitrogens is 1. The zero-order valence-corrected chi connectivity index (χ0v) is 9.31. The molecule has 2 N–H and O–H groups in total. The lowest BCUT2D eigenvalue weighted by Crippen LogP contribution is -2.08. The number of nitrogens with two attached hydrogens (primary N) is 1. The zero-order chi connectivity index (χ0) is 13.1. The molecule has 92 valence electrons. The van der Waals surface area contributed by atoms with Crippen molar-refractivity contribution in [1.82, 2.24) is 4.98 Å². The van der Waals surface area contributed by atoms with Crippen molar-refractivity contribution >= 4 is 11.5 Å². The van der Waals surface area contributed by atoms with Crippen LogP contribution in [0.3, 0.4) is 0 Å². The van der Waals surface area contributed by atoms with Crippen molar-refractivity contribution in [3.8, 4) is 0 Å². The Labute approximate surface area is 102 Å². The first kappa shape index (κ1) is 12.2. The average Bonchev–Trinajstić information content (AvgIpc) is 2.39. The van der Waals surface area contributed by atoms with Crippen LogP contribution in [0.15, 0.2) is 42.6 Å². The molecule has 0 bridgehead atoms. The number of nitrogen functional groups attached to an aromatic ring is 1. The number of carbonyl (C=O) groups excluding carboxylic acids is 1. The Bertz CT molecular complexity index is 570. The van der Waals surface area contributed by atoms with E-state index in [0.717, 1.165) is 6.07 Å². The predicted octanol–water partition coefficient (Wildman–Crippen LogP) is 2.83. The van der Waals surface area contributed by atoms with E-state index in [1.807, 2.05) is 0 Å². The van der Waals surface area contributed by atoms with E-state index >= 15 is 0 Å². The molecular weight excluding hydrogens is 238 g/mol. The number of hydrogen-bond donors (Lipinski definition) is 1. The van der Waals surface area contributed by atoms with Gasteiger partial charge in [0.1, 0.15) is 5.69 Å². The van der Waals surface area contributed by atoms with Gasteiger partial charge >= 0.3 is 0 Å². The molecule has 0 aliphatic carbocycles. The molecular formula is C13H10F2N2O. The fourth-order valence-electron chi connectivity index (χ4n) is 1.60. The summed E-state index contributed by atoms with van der Waals surface area (Å²) >= 11 is 0. The number of anilines is 1. The summed E-state index contributed by atoms with van der Waals surface area (Å²) in [6, 6.07) is 8.58. The van der Waals surface area contributed by atoms with Crippen LogP contribution in [0.2, 0.25) is 0 Å². The van der Waals surface area contributed by atoms with E-state index < -0.39 is 12.2 Å². The van der Waals surface area contributed by atoms with E-state index in [4.69, 9.17) is 5.73 Å². The molecule has 2 rings (SSSR count). The van der Waals surface area contributed by atoms with Gasteiger partial charge in [0.15, 0.2) is 0 Å². The van der Waals surface area contributed by atoms with Crippen molar-refractivity contribution in [3.05, 3.63) is 59.4 Å². The molecule has 2 aromatic rings. The number of ketones is 1. The van der Waals surface area contributed by atoms with Gasteiger partial charge < -0.3 is 5.73 Å². The maximum atomic E-state index is 12.9. The summed E-state index contributed by atoms with van der Waals surface area (Å²) in [5.74, 6) is -0.536. The van der Waals surface area contributed by atoms with E-state index in [2.05, 4.69) is 4.98 Å². The second-order valence-electron chi connectivity index (χ2n) is 3.69. The van der Waals surface area contributed by atoms with Crippen LogP contribution in [0.4, 0.5) is 14.5 Å². The van der Waals surface area contributed by atoms with Gasteiger partial charge in [0.05, 0.1) is 0 Å². The van der Waals surface area contributed by atoms with Crippen molar-refractivity contribution in [2.75, 3.05) is 5.73 Å². The van der Waals surface area contributed by atoms with Crippen LogP contribution < -0.4 is 5.73 Å². The van der Waals surface area contributed by atoms with E-state index in [9.17, 15) is 13.6 Å². The minimum absolute atomic E-state index is 0.0714. The van der Waals surface area contributed by atoms with Crippen LogP contribution in [0, 0.1) is 0 Å². The van der Waals surface area contributed by atoms with E-state index in [1.165, 1.54) is 24.4 Å². The van der Waals surface area contributed by atoms with Crippen molar-refractivity contribution < 1.29 is 13.6 Å². The monoisotopic (exact) mass is 248 g/mol. The molecule has 1 aromatic carbocycles. The van der Waals surface area contributed by atoms with Crippen molar-refractivity contribution in [2.24, 2.45) is 0 Å². The van der Waals surface area contributed by atoms with Crippen LogP contribution in [-0.4, -0.2) is 10.8 Å². The molecule has 5 heteroatoms. The van der Waals surface area contributed by atoms with E-state index in [0.29, 0.717) is 0 Å². The summed E-state index contributed by atoms with van der Waals surface area (Å²) in [6.07, 6.45) is -1.32. The summed E-state index contributed by atoms with van der Waals surface area (Å²) in [7, 11) is 0. The van der Waals surface area contributed by atoms with Gasteiger partial charge in [-0.1, -0.05) is 6.07 Å². The molecule has 3 nitrogen and oxygen atoms in total. The number of nitrogens with zero attached hydrogens (tertiary/aromatic N) is 1. The highest BCUT2D eigenvalue weighted by molar-refractivity contribution is 6.08. The Hall–Kier alpha value is -2.30. The summed E-state index contributed by atoms with van der Waals surface area (Å²) in [5.41, 5.74) is 5.33. The van der Waals surface area contributed by atoms with Gasteiger partial charge in [-0.3, -0.25) is 9.78 Å². The Morgan fingerprint density at radius 2 is 2.00 bits per heavy atom. The average molecular weight is 248 g/mol. The van der Waals surface area contributed by atoms with Crippen molar-refractivity contribution in [1.29, 1.82) is 0 Å². The zero-order valence-electron chi connectivity index (χ0n) is 9.31. The first-order chi connectivity index (χ1) is 8.59. The van der Waals surface area contributed by atoms with Crippen molar-refractivity contribution in [3.63, 3.8) is 0 Å². The maximum absolute atomic E-state index is 12.9. The molecule has 1 heterocycles. The Morgan fingerprint density at radius 3 is 2.61 bits per heavy atom. The highest BCUT2D eigenvalue weighted by Gasteiger charge is 2.20. The first-order valence-electron chi connectivity index (χ1n) is 5.23. The highest BCUT2D eigenvalue weighted by atomic mass is 19.3. The minimum Gasteiger partial charge on any atom is -0.399 e. The highest BCUT2D eigenvalue weighted by Crippen LogP contribution is 2.26. The lowest BCUT2D eigenvalue weighted by Gasteiger charge is -2.08. The number of hydrogen-bond acceptors (Lipinski definition) is 3. The van der Waals surface area contributed by atoms with Gasteiger partial charge in [-0.05, 0) is 30.3 Å². The van der Waals surface area contributed by atoms with Crippen molar-refractivity contribution in [2.45, 2.75) is 6.43 Å². The van der Waals surface area contributed by atoms with Gasteiger partial charge in [-0.2, -0.15) is 0 Å². The smallest absolute Gasteiger partial charge is 0.264 e. The number of carbonyl (C=O) groups is 1. The van der Waals surface area contributed by atoms with Crippen LogP contribution in [0.1, 0.15) is 28.0 Å². The molecule has 0 unspecified atom stereocenters. The number of pyridine rings is 1. The molecule has 1 aromatic heterocycles. The summed E-state index contributed by atoms with van der Waals surface area (Å²) < 4.78 is 25.7. The van der Waals surface area contributed by atoms with Gasteiger partial charge in [-0.15, -0.1) is 0 Å². The van der Waals surface area contributed by atoms with Crippen LogP contribution in [0.25, 0.3) is 0 Å². The van der Waals surface area contributed by atoms with Crippen LogP contribution in [0.5, 0.6) is 0 Å². The summed E-state index contributed by atoms with van der Waals surface area (Å²) in [5, 5.41) is 0. The molecule has 0 aliphatic heterocycles. The van der Waals surface area contributed by atoms with Crippen LogP contribution in [-0.2, 0) is 0 Å². The molecule has 0 atom stereocenters. The Morgan fingerprint density at radius 1 is 1.22 bits per heavy atom. The number of alkyl halides is 2. The largest absolute Gasteiger partial charge is 0.399 e. The Balaban J connectivity index is 2.48. The van der Waals surface area contributed by atoms with E-state index in [-0.39, 0.29) is 22.5 Å². The van der Waals surface area contributed by atoms with Gasteiger partial charge in [0.25, 0.3) is 6.43 Å². The molecule has 0 spiro atoms. The predicted molar refractivity (Wildman–Crippen MR) is 63.5 cm³/mol. The quantitative estimate of drug-likeness (QED) is 0.671. The number of rotatable bonds is 3. The molecule has 0 amide bonds. The fraction of sp³-hybridized carbons (Fsp3) is 0.0769. The molecule has 0 radical (unpaired) electrons. The fourth-order valence-corrected chi connectivity index (χ4v) is 1.60. The standard InChI is InChI=1S/C13H10F2N2O/c14-13(15)10-7-8(16)4-5-9(10)12(18)11-3-1-2-6-17-11/h1-7,13H,16H2. The van der Waals surface area contributed by atoms with E-state index in [1.54, 1.807) is 12.1 Å².